The Morgan fingerprint density at radius 1 is 1.50 bits per heavy atom. The van der Waals surface area contributed by atoms with Gasteiger partial charge in [0.25, 0.3) is 0 Å². The molecule has 0 atom stereocenters. The molecule has 0 bridgehead atoms. The number of thiazole rings is 1. The Bertz CT molecular complexity index is 453. The summed E-state index contributed by atoms with van der Waals surface area (Å²) in [6.07, 6.45) is 1.81. The first-order valence-electron chi connectivity index (χ1n) is 4.24. The first-order valence-corrected chi connectivity index (χ1v) is 6.73. The highest BCUT2D eigenvalue weighted by molar-refractivity contribution is 9.10. The maximum absolute atomic E-state index is 4.50. The third-order valence-electron chi connectivity index (χ3n) is 1.53. The predicted molar refractivity (Wildman–Crippen MR) is 66.1 cm³/mol. The molecule has 0 saturated heterocycles. The van der Waals surface area contributed by atoms with E-state index in [2.05, 4.69) is 39.7 Å². The van der Waals surface area contributed by atoms with E-state index in [1.807, 2.05) is 12.3 Å². The summed E-state index contributed by atoms with van der Waals surface area (Å²) in [4.78, 5) is 9.82. The average Bonchev–Trinajstić information content (AvgIpc) is 2.44. The van der Waals surface area contributed by atoms with Gasteiger partial charge in [-0.25, -0.2) is 9.97 Å². The maximum atomic E-state index is 4.50. The lowest BCUT2D eigenvalue weighted by molar-refractivity contribution is 1.10. The van der Waals surface area contributed by atoms with Gasteiger partial charge in [-0.3, -0.25) is 0 Å². The van der Waals surface area contributed by atoms with Crippen LogP contribution in [0.1, 0.15) is 13.8 Å². The third-order valence-corrected chi connectivity index (χ3v) is 4.04. The Hall–Kier alpha value is -0.130. The molecule has 0 unspecified atom stereocenters. The summed E-state index contributed by atoms with van der Waals surface area (Å²) in [5, 5.41) is 0.569. The highest BCUT2D eigenvalue weighted by Crippen LogP contribution is 2.31. The van der Waals surface area contributed by atoms with Gasteiger partial charge in [0.15, 0.2) is 4.34 Å². The zero-order chi connectivity index (χ0) is 10.1. The molecule has 0 radical (unpaired) electrons. The van der Waals surface area contributed by atoms with E-state index in [-0.39, 0.29) is 0 Å². The number of hydrogen-bond donors (Lipinski definition) is 0. The van der Waals surface area contributed by atoms with Crippen molar-refractivity contribution >= 4 is 49.4 Å². The molecule has 0 aliphatic carbocycles. The lowest BCUT2D eigenvalue weighted by Gasteiger charge is -1.97. The van der Waals surface area contributed by atoms with Gasteiger partial charge in [-0.05, 0) is 22.0 Å². The summed E-state index contributed by atoms with van der Waals surface area (Å²) >= 11 is 6.82. The first kappa shape index (κ1) is 10.4. The predicted octanol–water partition coefficient (Wildman–Crippen LogP) is 3.95. The summed E-state index contributed by atoms with van der Waals surface area (Å²) in [6.45, 7) is 4.33. The van der Waals surface area contributed by atoms with Crippen molar-refractivity contribution in [1.82, 2.24) is 9.97 Å². The molecule has 0 saturated carbocycles. The molecular weight excluding hydrogens is 280 g/mol. The van der Waals surface area contributed by atoms with E-state index < -0.39 is 0 Å². The zero-order valence-electron chi connectivity index (χ0n) is 7.82. The van der Waals surface area contributed by atoms with Crippen LogP contribution in [0.25, 0.3) is 10.3 Å². The van der Waals surface area contributed by atoms with Crippen LogP contribution in [0.5, 0.6) is 0 Å². The molecule has 2 heterocycles. The van der Waals surface area contributed by atoms with Crippen LogP contribution in [0.4, 0.5) is 0 Å². The van der Waals surface area contributed by atoms with Gasteiger partial charge in [0.1, 0.15) is 10.3 Å². The average molecular weight is 289 g/mol. The Balaban J connectivity index is 2.41. The molecule has 2 aromatic rings. The minimum absolute atomic E-state index is 0.569. The van der Waals surface area contributed by atoms with E-state index in [0.29, 0.717) is 5.25 Å². The molecule has 5 heteroatoms. The van der Waals surface area contributed by atoms with Gasteiger partial charge in [0.2, 0.25) is 0 Å². The normalized spacial score (nSPS) is 11.4. The fraction of sp³-hybridized carbons (Fsp3) is 0.333. The number of hydrogen-bond acceptors (Lipinski definition) is 4. The summed E-state index contributed by atoms with van der Waals surface area (Å²) in [5.74, 6) is 0. The second kappa shape index (κ2) is 4.16. The van der Waals surface area contributed by atoms with Crippen molar-refractivity contribution < 1.29 is 0 Å². The summed E-state index contributed by atoms with van der Waals surface area (Å²) in [7, 11) is 0. The van der Waals surface area contributed by atoms with Crippen LogP contribution >= 0.6 is 39.0 Å². The van der Waals surface area contributed by atoms with Gasteiger partial charge in [0.05, 0.1) is 0 Å². The smallest absolute Gasteiger partial charge is 0.152 e. The number of thioether (sulfide) groups is 1. The van der Waals surface area contributed by atoms with Crippen LogP contribution < -0.4 is 0 Å². The van der Waals surface area contributed by atoms with Crippen LogP contribution in [0.2, 0.25) is 0 Å². The van der Waals surface area contributed by atoms with Gasteiger partial charge < -0.3 is 0 Å². The quantitative estimate of drug-likeness (QED) is 0.783. The monoisotopic (exact) mass is 288 g/mol. The van der Waals surface area contributed by atoms with Gasteiger partial charge in [-0.15, -0.1) is 0 Å². The Morgan fingerprint density at radius 2 is 2.29 bits per heavy atom. The Kier molecular flexibility index (Phi) is 3.09. The molecule has 74 valence electrons. The Labute approximate surface area is 99.3 Å². The number of halogens is 1. The SMILES string of the molecule is CC(C)Sc1nc2cc(Br)cnc2s1. The van der Waals surface area contributed by atoms with E-state index >= 15 is 0 Å². The molecule has 2 rings (SSSR count). The molecule has 0 N–H and O–H groups in total. The highest BCUT2D eigenvalue weighted by Gasteiger charge is 2.07. The summed E-state index contributed by atoms with van der Waals surface area (Å²) in [6, 6.07) is 2.00. The minimum atomic E-state index is 0.569. The lowest BCUT2D eigenvalue weighted by Crippen LogP contribution is -1.83. The number of nitrogens with zero attached hydrogens (tertiary/aromatic N) is 2. The van der Waals surface area contributed by atoms with Crippen molar-refractivity contribution in [2.24, 2.45) is 0 Å². The zero-order valence-corrected chi connectivity index (χ0v) is 11.0. The number of aromatic nitrogens is 2. The minimum Gasteiger partial charge on any atom is -0.242 e. The van der Waals surface area contributed by atoms with Crippen molar-refractivity contribution in [2.75, 3.05) is 0 Å². The second-order valence-corrected chi connectivity index (χ2v) is 6.84. The molecule has 0 aliphatic rings. The third kappa shape index (κ3) is 2.27. The fourth-order valence-corrected chi connectivity index (χ4v) is 3.53. The van der Waals surface area contributed by atoms with Crippen LogP contribution in [0.15, 0.2) is 21.1 Å². The highest BCUT2D eigenvalue weighted by atomic mass is 79.9. The fourth-order valence-electron chi connectivity index (χ4n) is 1.03. The standard InChI is InChI=1S/C9H9BrN2S2/c1-5(2)13-9-12-7-3-6(10)4-11-8(7)14-9/h3-5H,1-2H3. The molecule has 0 fully saturated rings. The molecule has 0 aromatic carbocycles. The van der Waals surface area contributed by atoms with Gasteiger partial charge in [-0.2, -0.15) is 0 Å². The molecule has 14 heavy (non-hydrogen) atoms. The Morgan fingerprint density at radius 3 is 3.00 bits per heavy atom. The topological polar surface area (TPSA) is 25.8 Å². The van der Waals surface area contributed by atoms with Crippen molar-refractivity contribution in [2.45, 2.75) is 23.4 Å². The van der Waals surface area contributed by atoms with Crippen molar-refractivity contribution in [3.05, 3.63) is 16.7 Å². The van der Waals surface area contributed by atoms with E-state index in [1.165, 1.54) is 0 Å². The van der Waals surface area contributed by atoms with E-state index in [1.54, 1.807) is 23.1 Å². The largest absolute Gasteiger partial charge is 0.242 e. The maximum Gasteiger partial charge on any atom is 0.152 e. The first-order chi connectivity index (χ1) is 6.65. The van der Waals surface area contributed by atoms with Crippen molar-refractivity contribution in [3.8, 4) is 0 Å². The summed E-state index contributed by atoms with van der Waals surface area (Å²) in [5.41, 5.74) is 0.979. The van der Waals surface area contributed by atoms with Crippen LogP contribution in [0.3, 0.4) is 0 Å². The molecule has 0 spiro atoms. The molecule has 0 aliphatic heterocycles. The number of fused-ring (bicyclic) bond motifs is 1. The van der Waals surface area contributed by atoms with E-state index in [4.69, 9.17) is 0 Å². The van der Waals surface area contributed by atoms with Crippen molar-refractivity contribution in [3.63, 3.8) is 0 Å². The van der Waals surface area contributed by atoms with Crippen LogP contribution in [-0.2, 0) is 0 Å². The van der Waals surface area contributed by atoms with Gasteiger partial charge in [-0.1, -0.05) is 36.9 Å². The summed E-state index contributed by atoms with van der Waals surface area (Å²) < 4.78 is 2.08. The van der Waals surface area contributed by atoms with Crippen LogP contribution in [0, 0.1) is 0 Å². The lowest BCUT2D eigenvalue weighted by atomic mass is 10.5. The number of rotatable bonds is 2. The van der Waals surface area contributed by atoms with Gasteiger partial charge >= 0.3 is 0 Å². The second-order valence-electron chi connectivity index (χ2n) is 3.12. The van der Waals surface area contributed by atoms with Crippen molar-refractivity contribution in [1.29, 1.82) is 0 Å². The molecule has 0 amide bonds. The van der Waals surface area contributed by atoms with E-state index in [0.717, 1.165) is 19.2 Å². The van der Waals surface area contributed by atoms with Gasteiger partial charge in [0, 0.05) is 15.9 Å². The molecular formula is C9H9BrN2S2. The molecule has 2 nitrogen and oxygen atoms in total. The van der Waals surface area contributed by atoms with Crippen LogP contribution in [-0.4, -0.2) is 15.2 Å². The molecule has 2 aromatic heterocycles. The van der Waals surface area contributed by atoms with E-state index in [9.17, 15) is 0 Å². The number of pyridine rings is 1.